The van der Waals surface area contributed by atoms with E-state index in [9.17, 15) is 9.59 Å². The number of aliphatic hydroxyl groups excluding tert-OH is 1. The standard InChI is InChI=1S/C16H19NO4/c1-9(8-18)11(3)17-15(19)14-10(2)12-6-4-5-7-13(12)21-16(14)20/h4-7,9,11,18H,8H2,1-3H3,(H,17,19). The normalized spacial score (nSPS) is 13.9. The third-order valence-corrected chi connectivity index (χ3v) is 3.80. The van der Waals surface area contributed by atoms with E-state index in [0.717, 1.165) is 5.39 Å². The van der Waals surface area contributed by atoms with Crippen molar-refractivity contribution in [2.45, 2.75) is 26.8 Å². The van der Waals surface area contributed by atoms with Crippen molar-refractivity contribution in [1.82, 2.24) is 5.32 Å². The summed E-state index contributed by atoms with van der Waals surface area (Å²) in [5.74, 6) is -0.568. The van der Waals surface area contributed by atoms with E-state index in [1.54, 1.807) is 26.0 Å². The van der Waals surface area contributed by atoms with Crippen LogP contribution in [0.2, 0.25) is 0 Å². The van der Waals surface area contributed by atoms with Crippen molar-refractivity contribution in [1.29, 1.82) is 0 Å². The van der Waals surface area contributed by atoms with E-state index in [1.807, 2.05) is 19.1 Å². The Morgan fingerprint density at radius 3 is 2.67 bits per heavy atom. The van der Waals surface area contributed by atoms with Gasteiger partial charge in [0.15, 0.2) is 0 Å². The molecule has 5 nitrogen and oxygen atoms in total. The number of nitrogens with one attached hydrogen (secondary N) is 1. The summed E-state index contributed by atoms with van der Waals surface area (Å²) < 4.78 is 5.20. The van der Waals surface area contributed by atoms with E-state index >= 15 is 0 Å². The second kappa shape index (κ2) is 6.10. The molecule has 1 aromatic heterocycles. The Labute approximate surface area is 122 Å². The number of para-hydroxylation sites is 1. The molecule has 0 aliphatic heterocycles. The topological polar surface area (TPSA) is 79.5 Å². The van der Waals surface area contributed by atoms with Crippen LogP contribution in [0.3, 0.4) is 0 Å². The highest BCUT2D eigenvalue weighted by molar-refractivity contribution is 5.99. The third-order valence-electron chi connectivity index (χ3n) is 3.80. The molecule has 0 spiro atoms. The average Bonchev–Trinajstić information content (AvgIpc) is 2.46. The van der Waals surface area contributed by atoms with Gasteiger partial charge in [-0.3, -0.25) is 4.79 Å². The molecule has 0 saturated heterocycles. The highest BCUT2D eigenvalue weighted by atomic mass is 16.4. The summed E-state index contributed by atoms with van der Waals surface area (Å²) in [6, 6.07) is 6.86. The minimum Gasteiger partial charge on any atom is -0.422 e. The lowest BCUT2D eigenvalue weighted by Gasteiger charge is -2.19. The van der Waals surface area contributed by atoms with Crippen LogP contribution in [0.4, 0.5) is 0 Å². The lowest BCUT2D eigenvalue weighted by molar-refractivity contribution is 0.0912. The molecule has 0 aliphatic carbocycles. The van der Waals surface area contributed by atoms with Crippen molar-refractivity contribution in [3.05, 3.63) is 45.8 Å². The van der Waals surface area contributed by atoms with Crippen LogP contribution in [0.25, 0.3) is 11.0 Å². The number of aryl methyl sites for hydroxylation is 1. The number of fused-ring (bicyclic) bond motifs is 1. The Morgan fingerprint density at radius 1 is 1.33 bits per heavy atom. The van der Waals surface area contributed by atoms with E-state index < -0.39 is 11.5 Å². The van der Waals surface area contributed by atoms with Gasteiger partial charge in [0.05, 0.1) is 0 Å². The molecule has 0 radical (unpaired) electrons. The lowest BCUT2D eigenvalue weighted by atomic mass is 10.0. The molecule has 2 atom stereocenters. The van der Waals surface area contributed by atoms with Crippen LogP contribution in [-0.4, -0.2) is 23.7 Å². The van der Waals surface area contributed by atoms with Crippen molar-refractivity contribution in [3.8, 4) is 0 Å². The third kappa shape index (κ3) is 2.97. The minimum atomic E-state index is -0.646. The highest BCUT2D eigenvalue weighted by Crippen LogP contribution is 2.19. The Bertz CT molecular complexity index is 720. The first kappa shape index (κ1) is 15.3. The number of aliphatic hydroxyl groups is 1. The molecule has 1 amide bonds. The molecule has 5 heteroatoms. The van der Waals surface area contributed by atoms with E-state index in [1.165, 1.54) is 0 Å². The van der Waals surface area contributed by atoms with Gasteiger partial charge in [-0.15, -0.1) is 0 Å². The summed E-state index contributed by atoms with van der Waals surface area (Å²) in [5.41, 5.74) is 0.440. The maximum Gasteiger partial charge on any atom is 0.349 e. The van der Waals surface area contributed by atoms with Gasteiger partial charge in [0, 0.05) is 18.0 Å². The number of amides is 1. The van der Waals surface area contributed by atoms with Crippen LogP contribution >= 0.6 is 0 Å². The van der Waals surface area contributed by atoms with Crippen LogP contribution in [0.1, 0.15) is 29.8 Å². The number of carbonyl (C=O) groups is 1. The molecule has 21 heavy (non-hydrogen) atoms. The lowest BCUT2D eigenvalue weighted by Crippen LogP contribution is -2.40. The fraction of sp³-hybridized carbons (Fsp3) is 0.375. The maximum atomic E-state index is 12.3. The highest BCUT2D eigenvalue weighted by Gasteiger charge is 2.21. The zero-order valence-electron chi connectivity index (χ0n) is 12.3. The summed E-state index contributed by atoms with van der Waals surface area (Å²) in [6.45, 7) is 5.30. The number of carbonyl (C=O) groups excluding carboxylic acids is 1. The molecule has 0 saturated carbocycles. The molecule has 1 heterocycles. The molecule has 2 N–H and O–H groups in total. The second-order valence-electron chi connectivity index (χ2n) is 5.31. The fourth-order valence-electron chi connectivity index (χ4n) is 2.15. The second-order valence-corrected chi connectivity index (χ2v) is 5.31. The average molecular weight is 289 g/mol. The SMILES string of the molecule is Cc1c(C(=O)NC(C)C(C)CO)c(=O)oc2ccccc12. The quantitative estimate of drug-likeness (QED) is 0.842. The van der Waals surface area contributed by atoms with Crippen molar-refractivity contribution in [2.24, 2.45) is 5.92 Å². The monoisotopic (exact) mass is 289 g/mol. The molecule has 2 unspecified atom stereocenters. The largest absolute Gasteiger partial charge is 0.422 e. The fourth-order valence-corrected chi connectivity index (χ4v) is 2.15. The van der Waals surface area contributed by atoms with Crippen molar-refractivity contribution in [2.75, 3.05) is 6.61 Å². The number of benzene rings is 1. The first-order valence-corrected chi connectivity index (χ1v) is 6.90. The Balaban J connectivity index is 2.42. The number of rotatable bonds is 4. The Hall–Kier alpha value is -2.14. The minimum absolute atomic E-state index is 0.0192. The van der Waals surface area contributed by atoms with Gasteiger partial charge in [-0.25, -0.2) is 4.79 Å². The van der Waals surface area contributed by atoms with Crippen LogP contribution in [0.15, 0.2) is 33.5 Å². The number of hydrogen-bond donors (Lipinski definition) is 2. The molecule has 0 bridgehead atoms. The van der Waals surface area contributed by atoms with Crippen molar-refractivity contribution >= 4 is 16.9 Å². The molecule has 2 aromatic rings. The van der Waals surface area contributed by atoms with Crippen LogP contribution in [0, 0.1) is 12.8 Å². The first-order chi connectivity index (χ1) is 9.95. The maximum absolute atomic E-state index is 12.3. The summed E-state index contributed by atoms with van der Waals surface area (Å²) in [7, 11) is 0. The van der Waals surface area contributed by atoms with Gasteiger partial charge in [-0.05, 0) is 31.4 Å². The smallest absolute Gasteiger partial charge is 0.349 e. The van der Waals surface area contributed by atoms with Crippen LogP contribution < -0.4 is 10.9 Å². The van der Waals surface area contributed by atoms with Gasteiger partial charge >= 0.3 is 5.63 Å². The molecule has 0 fully saturated rings. The predicted molar refractivity (Wildman–Crippen MR) is 80.4 cm³/mol. The molecule has 2 rings (SSSR count). The molecule has 0 aliphatic rings. The summed E-state index contributed by atoms with van der Waals surface area (Å²) in [5, 5.41) is 12.6. The van der Waals surface area contributed by atoms with Crippen molar-refractivity contribution in [3.63, 3.8) is 0 Å². The Kier molecular flexibility index (Phi) is 4.43. The van der Waals surface area contributed by atoms with Gasteiger partial charge in [-0.1, -0.05) is 25.1 Å². The molecular weight excluding hydrogens is 270 g/mol. The van der Waals surface area contributed by atoms with E-state index in [0.29, 0.717) is 11.1 Å². The van der Waals surface area contributed by atoms with Crippen LogP contribution in [-0.2, 0) is 0 Å². The zero-order valence-corrected chi connectivity index (χ0v) is 12.3. The zero-order chi connectivity index (χ0) is 15.6. The first-order valence-electron chi connectivity index (χ1n) is 6.90. The summed E-state index contributed by atoms with van der Waals surface area (Å²) >= 11 is 0. The summed E-state index contributed by atoms with van der Waals surface area (Å²) in [6.07, 6.45) is 0. The molecule has 1 aromatic carbocycles. The van der Waals surface area contributed by atoms with Crippen LogP contribution in [0.5, 0.6) is 0 Å². The number of hydrogen-bond acceptors (Lipinski definition) is 4. The van der Waals surface area contributed by atoms with Gasteiger partial charge in [-0.2, -0.15) is 0 Å². The van der Waals surface area contributed by atoms with E-state index in [2.05, 4.69) is 5.32 Å². The van der Waals surface area contributed by atoms with Gasteiger partial charge in [0.25, 0.3) is 5.91 Å². The molecule has 112 valence electrons. The van der Waals surface area contributed by atoms with Gasteiger partial charge < -0.3 is 14.8 Å². The van der Waals surface area contributed by atoms with Gasteiger partial charge in [0.2, 0.25) is 0 Å². The summed E-state index contributed by atoms with van der Waals surface area (Å²) in [4.78, 5) is 24.3. The molecular formula is C16H19NO4. The Morgan fingerprint density at radius 2 is 2.00 bits per heavy atom. The van der Waals surface area contributed by atoms with E-state index in [4.69, 9.17) is 9.52 Å². The van der Waals surface area contributed by atoms with E-state index in [-0.39, 0.29) is 24.1 Å². The predicted octanol–water partition coefficient (Wildman–Crippen LogP) is 1.85. The van der Waals surface area contributed by atoms with Crippen molar-refractivity contribution < 1.29 is 14.3 Å². The van der Waals surface area contributed by atoms with Gasteiger partial charge in [0.1, 0.15) is 11.1 Å².